The van der Waals surface area contributed by atoms with E-state index in [0.717, 1.165) is 31.9 Å². The molecule has 0 aromatic heterocycles. The Morgan fingerprint density at radius 1 is 1.38 bits per heavy atom. The summed E-state index contributed by atoms with van der Waals surface area (Å²) < 4.78 is 0. The van der Waals surface area contributed by atoms with Gasteiger partial charge in [-0.15, -0.1) is 0 Å². The Balaban J connectivity index is 2.01. The van der Waals surface area contributed by atoms with Gasteiger partial charge < -0.3 is 21.7 Å². The van der Waals surface area contributed by atoms with E-state index in [2.05, 4.69) is 27.9 Å². The third-order valence-corrected chi connectivity index (χ3v) is 3.12. The summed E-state index contributed by atoms with van der Waals surface area (Å²) in [5.74, 6) is 0.775. The van der Waals surface area contributed by atoms with Crippen molar-refractivity contribution < 1.29 is 0 Å². The van der Waals surface area contributed by atoms with Crippen LogP contribution in [-0.4, -0.2) is 30.3 Å². The number of hydrogen-bond donors (Lipinski definition) is 4. The molecule has 0 aliphatic carbocycles. The Morgan fingerprint density at radius 3 is 2.69 bits per heavy atom. The Hall–Kier alpha value is -1.07. The van der Waals surface area contributed by atoms with E-state index < -0.39 is 5.66 Å². The molecule has 2 heterocycles. The molecule has 2 aliphatic heterocycles. The quantitative estimate of drug-likeness (QED) is 0.499. The van der Waals surface area contributed by atoms with Gasteiger partial charge in [0.15, 0.2) is 5.96 Å². The summed E-state index contributed by atoms with van der Waals surface area (Å²) >= 11 is 0. The minimum absolute atomic E-state index is 0.109. The molecule has 0 radical (unpaired) electrons. The highest BCUT2D eigenvalue weighted by molar-refractivity contribution is 5.83. The van der Waals surface area contributed by atoms with Crippen molar-refractivity contribution in [2.45, 2.75) is 37.9 Å². The van der Waals surface area contributed by atoms with Crippen LogP contribution in [0, 0.1) is 0 Å². The lowest BCUT2D eigenvalue weighted by molar-refractivity contribution is 0.302. The number of nitrogens with two attached hydrogens (primary N) is 1. The van der Waals surface area contributed by atoms with E-state index in [1.165, 1.54) is 0 Å². The summed E-state index contributed by atoms with van der Waals surface area (Å²) in [5.41, 5.74) is 5.46. The molecule has 0 aromatic carbocycles. The summed E-state index contributed by atoms with van der Waals surface area (Å²) in [4.78, 5) is 4.42. The van der Waals surface area contributed by atoms with Crippen molar-refractivity contribution in [1.82, 2.24) is 16.0 Å². The van der Waals surface area contributed by atoms with Gasteiger partial charge in [0.2, 0.25) is 0 Å². The van der Waals surface area contributed by atoms with E-state index >= 15 is 0 Å². The van der Waals surface area contributed by atoms with E-state index in [1.807, 2.05) is 19.2 Å². The van der Waals surface area contributed by atoms with Crippen LogP contribution in [-0.2, 0) is 0 Å². The summed E-state index contributed by atoms with van der Waals surface area (Å²) in [6.45, 7) is 6.21. The molecule has 0 saturated carbocycles. The molecule has 0 aromatic rings. The molecule has 1 atom stereocenters. The van der Waals surface area contributed by atoms with Crippen LogP contribution in [0.25, 0.3) is 0 Å². The fourth-order valence-corrected chi connectivity index (χ4v) is 2.05. The molecule has 2 aliphatic rings. The topological polar surface area (TPSA) is 74.5 Å². The van der Waals surface area contributed by atoms with Gasteiger partial charge in [0, 0.05) is 11.7 Å². The second-order valence-electron chi connectivity index (χ2n) is 5.10. The number of hydrogen-bond acceptors (Lipinski definition) is 5. The lowest BCUT2D eigenvalue weighted by Gasteiger charge is -2.37. The number of nitrogens with zero attached hydrogens (tertiary/aromatic N) is 1. The molecule has 5 N–H and O–H groups in total. The zero-order valence-corrected chi connectivity index (χ0v) is 10.0. The average Bonchev–Trinajstić information content (AvgIpc) is 2.16. The molecule has 5 heteroatoms. The smallest absolute Gasteiger partial charge is 0.197 e. The molecule has 0 bridgehead atoms. The Bertz CT molecular complexity index is 312. The monoisotopic (exact) mass is 223 g/mol. The van der Waals surface area contributed by atoms with Gasteiger partial charge in [-0.05, 0) is 45.9 Å². The minimum atomic E-state index is -0.600. The molecule has 1 saturated heterocycles. The third-order valence-electron chi connectivity index (χ3n) is 3.12. The van der Waals surface area contributed by atoms with Crippen molar-refractivity contribution in [3.05, 3.63) is 12.3 Å². The highest BCUT2D eigenvalue weighted by Gasteiger charge is 2.29. The van der Waals surface area contributed by atoms with Crippen LogP contribution in [0.5, 0.6) is 0 Å². The average molecular weight is 223 g/mol. The number of aliphatic imine (C=N–C) groups is 1. The number of guanidine groups is 1. The molecular weight excluding hydrogens is 202 g/mol. The van der Waals surface area contributed by atoms with E-state index in [-0.39, 0.29) is 5.54 Å². The molecule has 2 rings (SSSR count). The zero-order chi connectivity index (χ0) is 11.6. The standard InChI is InChI=1S/C11H21N5/c1-10(3-6-13-7-4-10)15-9-14-8-5-11(2,12)16-9/h5,8,13H,3-4,6-7,12H2,1-2H3,(H2,14,15,16). The second-order valence-corrected chi connectivity index (χ2v) is 5.10. The maximum atomic E-state index is 5.95. The van der Waals surface area contributed by atoms with Gasteiger partial charge in [-0.25, -0.2) is 4.99 Å². The molecule has 90 valence electrons. The lowest BCUT2D eigenvalue weighted by atomic mass is 9.91. The van der Waals surface area contributed by atoms with Gasteiger partial charge in [-0.3, -0.25) is 0 Å². The van der Waals surface area contributed by atoms with Gasteiger partial charge >= 0.3 is 0 Å². The fraction of sp³-hybridized carbons (Fsp3) is 0.727. The van der Waals surface area contributed by atoms with E-state index in [4.69, 9.17) is 5.73 Å². The first-order valence-electron chi connectivity index (χ1n) is 5.81. The second kappa shape index (κ2) is 4.07. The largest absolute Gasteiger partial charge is 0.351 e. The lowest BCUT2D eigenvalue weighted by Crippen LogP contribution is -2.56. The Labute approximate surface area is 96.6 Å². The molecule has 0 spiro atoms. The number of nitrogens with one attached hydrogen (secondary N) is 3. The SMILES string of the molecule is CC1(N)C=CNC(NC2(C)CCNCC2)=N1. The third kappa shape index (κ3) is 2.74. The van der Waals surface area contributed by atoms with Gasteiger partial charge in [0.25, 0.3) is 0 Å². The van der Waals surface area contributed by atoms with Gasteiger partial charge in [-0.1, -0.05) is 0 Å². The van der Waals surface area contributed by atoms with Crippen LogP contribution >= 0.6 is 0 Å². The molecule has 1 fully saturated rings. The maximum Gasteiger partial charge on any atom is 0.197 e. The van der Waals surface area contributed by atoms with Gasteiger partial charge in [0.05, 0.1) is 0 Å². The van der Waals surface area contributed by atoms with Crippen LogP contribution in [0.2, 0.25) is 0 Å². The van der Waals surface area contributed by atoms with Crippen LogP contribution in [0.1, 0.15) is 26.7 Å². The van der Waals surface area contributed by atoms with E-state index in [1.54, 1.807) is 0 Å². The zero-order valence-electron chi connectivity index (χ0n) is 10.0. The molecule has 1 unspecified atom stereocenters. The van der Waals surface area contributed by atoms with Crippen molar-refractivity contribution in [2.24, 2.45) is 10.7 Å². The van der Waals surface area contributed by atoms with Crippen LogP contribution in [0.3, 0.4) is 0 Å². The predicted octanol–water partition coefficient (Wildman–Crippen LogP) is -0.134. The summed E-state index contributed by atoms with van der Waals surface area (Å²) in [6, 6.07) is 0. The Morgan fingerprint density at radius 2 is 2.06 bits per heavy atom. The molecule has 5 nitrogen and oxygen atoms in total. The van der Waals surface area contributed by atoms with Crippen LogP contribution in [0.4, 0.5) is 0 Å². The molecular formula is C11H21N5. The first kappa shape index (κ1) is 11.4. The fourth-order valence-electron chi connectivity index (χ4n) is 2.05. The van der Waals surface area contributed by atoms with Crippen molar-refractivity contribution >= 4 is 5.96 Å². The first-order valence-corrected chi connectivity index (χ1v) is 5.81. The maximum absolute atomic E-state index is 5.95. The van der Waals surface area contributed by atoms with E-state index in [0.29, 0.717) is 0 Å². The van der Waals surface area contributed by atoms with Crippen molar-refractivity contribution in [3.8, 4) is 0 Å². The van der Waals surface area contributed by atoms with Crippen LogP contribution < -0.4 is 21.7 Å². The Kier molecular flexibility index (Phi) is 2.90. The minimum Gasteiger partial charge on any atom is -0.351 e. The summed E-state index contributed by atoms with van der Waals surface area (Å²) in [6.07, 6.45) is 5.89. The normalized spacial score (nSPS) is 32.8. The number of piperidine rings is 1. The van der Waals surface area contributed by atoms with Crippen molar-refractivity contribution in [2.75, 3.05) is 13.1 Å². The highest BCUT2D eigenvalue weighted by atomic mass is 15.3. The first-order chi connectivity index (χ1) is 7.49. The predicted molar refractivity (Wildman–Crippen MR) is 65.9 cm³/mol. The van der Waals surface area contributed by atoms with Crippen molar-refractivity contribution in [3.63, 3.8) is 0 Å². The summed E-state index contributed by atoms with van der Waals surface area (Å²) in [7, 11) is 0. The van der Waals surface area contributed by atoms with Gasteiger partial charge in [-0.2, -0.15) is 0 Å². The molecule has 16 heavy (non-hydrogen) atoms. The van der Waals surface area contributed by atoms with Crippen molar-refractivity contribution in [1.29, 1.82) is 0 Å². The molecule has 0 amide bonds. The van der Waals surface area contributed by atoms with Gasteiger partial charge in [0.1, 0.15) is 5.66 Å². The van der Waals surface area contributed by atoms with Crippen LogP contribution in [0.15, 0.2) is 17.3 Å². The number of rotatable bonds is 1. The summed E-state index contributed by atoms with van der Waals surface area (Å²) in [5, 5.41) is 9.92. The van der Waals surface area contributed by atoms with E-state index in [9.17, 15) is 0 Å². The highest BCUT2D eigenvalue weighted by Crippen LogP contribution is 2.17.